The highest BCUT2D eigenvalue weighted by Gasteiger charge is 2.19. The third kappa shape index (κ3) is 3.41. The summed E-state index contributed by atoms with van der Waals surface area (Å²) in [5, 5.41) is 0.492. The number of hydrogen-bond donors (Lipinski definition) is 0. The zero-order chi connectivity index (χ0) is 17.1. The van der Waals surface area contributed by atoms with E-state index in [-0.39, 0.29) is 5.91 Å². The van der Waals surface area contributed by atoms with Gasteiger partial charge in [-0.15, -0.1) is 0 Å². The zero-order valence-corrected chi connectivity index (χ0v) is 14.3. The Morgan fingerprint density at radius 1 is 1.17 bits per heavy atom. The molecule has 0 saturated carbocycles. The summed E-state index contributed by atoms with van der Waals surface area (Å²) in [6.07, 6.45) is 0. The summed E-state index contributed by atoms with van der Waals surface area (Å²) in [5.41, 5.74) is 1.39. The standard InChI is InChI=1S/C18H18ClNO4/c1-20(18(21)14-10-13(19)4-6-15(14)22-2)11-12-3-5-16-17(9-12)24-8-7-23-16/h3-6,9-10H,7-8,11H2,1-2H3. The molecule has 0 N–H and O–H groups in total. The lowest BCUT2D eigenvalue weighted by Crippen LogP contribution is -2.26. The van der Waals surface area contributed by atoms with Crippen LogP contribution in [-0.2, 0) is 6.54 Å². The summed E-state index contributed by atoms with van der Waals surface area (Å²) >= 11 is 6.01. The van der Waals surface area contributed by atoms with Crippen molar-refractivity contribution in [3.63, 3.8) is 0 Å². The number of amides is 1. The first-order valence-electron chi connectivity index (χ1n) is 7.56. The minimum Gasteiger partial charge on any atom is -0.496 e. The van der Waals surface area contributed by atoms with Gasteiger partial charge in [0, 0.05) is 18.6 Å². The molecule has 24 heavy (non-hydrogen) atoms. The molecule has 0 spiro atoms. The summed E-state index contributed by atoms with van der Waals surface area (Å²) in [4.78, 5) is 14.3. The Morgan fingerprint density at radius 2 is 1.92 bits per heavy atom. The molecule has 0 radical (unpaired) electrons. The molecule has 3 rings (SSSR count). The SMILES string of the molecule is COc1ccc(Cl)cc1C(=O)N(C)Cc1ccc2c(c1)OCCO2. The van der Waals surface area contributed by atoms with E-state index in [1.807, 2.05) is 18.2 Å². The van der Waals surface area contributed by atoms with Crippen molar-refractivity contribution < 1.29 is 19.0 Å². The number of carbonyl (C=O) groups excluding carboxylic acids is 1. The maximum atomic E-state index is 12.7. The van der Waals surface area contributed by atoms with Crippen LogP contribution < -0.4 is 14.2 Å². The third-order valence-electron chi connectivity index (χ3n) is 3.76. The highest BCUT2D eigenvalue weighted by molar-refractivity contribution is 6.31. The monoisotopic (exact) mass is 347 g/mol. The number of nitrogens with zero attached hydrogens (tertiary/aromatic N) is 1. The molecule has 0 bridgehead atoms. The molecule has 1 aliphatic heterocycles. The predicted octanol–water partition coefficient (Wildman–Crippen LogP) is 3.39. The van der Waals surface area contributed by atoms with Crippen LogP contribution in [0.1, 0.15) is 15.9 Å². The predicted molar refractivity (Wildman–Crippen MR) is 91.2 cm³/mol. The molecule has 2 aromatic rings. The van der Waals surface area contributed by atoms with Crippen LogP contribution in [0.5, 0.6) is 17.2 Å². The molecule has 1 amide bonds. The van der Waals surface area contributed by atoms with Gasteiger partial charge in [0.15, 0.2) is 11.5 Å². The van der Waals surface area contributed by atoms with Crippen LogP contribution >= 0.6 is 11.6 Å². The van der Waals surface area contributed by atoms with Crippen molar-refractivity contribution in [2.45, 2.75) is 6.54 Å². The van der Waals surface area contributed by atoms with Gasteiger partial charge in [-0.1, -0.05) is 17.7 Å². The summed E-state index contributed by atoms with van der Waals surface area (Å²) in [5.74, 6) is 1.78. The number of hydrogen-bond acceptors (Lipinski definition) is 4. The fourth-order valence-electron chi connectivity index (χ4n) is 2.58. The van der Waals surface area contributed by atoms with Crippen molar-refractivity contribution in [1.82, 2.24) is 4.90 Å². The second-order valence-corrected chi connectivity index (χ2v) is 5.92. The molecule has 0 unspecified atom stereocenters. The molecule has 2 aromatic carbocycles. The Hall–Kier alpha value is -2.40. The Labute approximate surface area is 145 Å². The largest absolute Gasteiger partial charge is 0.496 e. The minimum atomic E-state index is -0.163. The summed E-state index contributed by atoms with van der Waals surface area (Å²) in [6, 6.07) is 10.7. The molecule has 0 saturated heterocycles. The van der Waals surface area contributed by atoms with E-state index in [0.29, 0.717) is 41.8 Å². The average molecular weight is 348 g/mol. The fourth-order valence-corrected chi connectivity index (χ4v) is 2.76. The van der Waals surface area contributed by atoms with E-state index >= 15 is 0 Å². The molecule has 1 aliphatic rings. The van der Waals surface area contributed by atoms with Crippen LogP contribution in [0.25, 0.3) is 0 Å². The lowest BCUT2D eigenvalue weighted by Gasteiger charge is -2.22. The quantitative estimate of drug-likeness (QED) is 0.850. The van der Waals surface area contributed by atoms with Crippen molar-refractivity contribution in [3.8, 4) is 17.2 Å². The minimum absolute atomic E-state index is 0.163. The van der Waals surface area contributed by atoms with Crippen molar-refractivity contribution in [2.75, 3.05) is 27.4 Å². The van der Waals surface area contributed by atoms with E-state index in [1.54, 1.807) is 30.1 Å². The number of halogens is 1. The topological polar surface area (TPSA) is 48.0 Å². The van der Waals surface area contributed by atoms with Crippen molar-refractivity contribution >= 4 is 17.5 Å². The van der Waals surface area contributed by atoms with Crippen LogP contribution in [0.4, 0.5) is 0 Å². The molecule has 0 fully saturated rings. The number of methoxy groups -OCH3 is 1. The normalized spacial score (nSPS) is 12.6. The van der Waals surface area contributed by atoms with Gasteiger partial charge in [-0.05, 0) is 35.9 Å². The zero-order valence-electron chi connectivity index (χ0n) is 13.5. The molecule has 6 heteroatoms. The smallest absolute Gasteiger partial charge is 0.257 e. The molecule has 5 nitrogen and oxygen atoms in total. The molecular weight excluding hydrogens is 330 g/mol. The highest BCUT2D eigenvalue weighted by Crippen LogP contribution is 2.31. The second-order valence-electron chi connectivity index (χ2n) is 5.48. The molecule has 0 aromatic heterocycles. The van der Waals surface area contributed by atoms with Gasteiger partial charge in [-0.25, -0.2) is 0 Å². The van der Waals surface area contributed by atoms with Crippen LogP contribution in [0.2, 0.25) is 5.02 Å². The van der Waals surface area contributed by atoms with E-state index in [0.717, 1.165) is 11.3 Å². The lowest BCUT2D eigenvalue weighted by molar-refractivity contribution is 0.0781. The molecular formula is C18H18ClNO4. The highest BCUT2D eigenvalue weighted by atomic mass is 35.5. The van der Waals surface area contributed by atoms with Crippen LogP contribution in [0.15, 0.2) is 36.4 Å². The third-order valence-corrected chi connectivity index (χ3v) is 4.00. The van der Waals surface area contributed by atoms with E-state index in [4.69, 9.17) is 25.8 Å². The van der Waals surface area contributed by atoms with E-state index in [1.165, 1.54) is 7.11 Å². The molecule has 126 valence electrons. The lowest BCUT2D eigenvalue weighted by atomic mass is 10.1. The van der Waals surface area contributed by atoms with Gasteiger partial charge in [0.1, 0.15) is 19.0 Å². The molecule has 0 aliphatic carbocycles. The Balaban J connectivity index is 1.78. The van der Waals surface area contributed by atoms with Gasteiger partial charge in [0.25, 0.3) is 5.91 Å². The van der Waals surface area contributed by atoms with Gasteiger partial charge in [-0.3, -0.25) is 4.79 Å². The average Bonchev–Trinajstić information content (AvgIpc) is 2.61. The van der Waals surface area contributed by atoms with Crippen LogP contribution in [0.3, 0.4) is 0 Å². The van der Waals surface area contributed by atoms with Gasteiger partial charge >= 0.3 is 0 Å². The van der Waals surface area contributed by atoms with Gasteiger partial charge < -0.3 is 19.1 Å². The van der Waals surface area contributed by atoms with Crippen molar-refractivity contribution in [1.29, 1.82) is 0 Å². The number of rotatable bonds is 4. The first kappa shape index (κ1) is 16.5. The van der Waals surface area contributed by atoms with Gasteiger partial charge in [0.05, 0.1) is 12.7 Å². The molecule has 0 atom stereocenters. The summed E-state index contributed by atoms with van der Waals surface area (Å²) < 4.78 is 16.3. The maximum Gasteiger partial charge on any atom is 0.257 e. The number of benzene rings is 2. The summed E-state index contributed by atoms with van der Waals surface area (Å²) in [7, 11) is 3.26. The fraction of sp³-hybridized carbons (Fsp3) is 0.278. The Morgan fingerprint density at radius 3 is 2.67 bits per heavy atom. The van der Waals surface area contributed by atoms with E-state index in [2.05, 4.69) is 0 Å². The van der Waals surface area contributed by atoms with Crippen molar-refractivity contribution in [3.05, 3.63) is 52.5 Å². The van der Waals surface area contributed by atoms with Crippen molar-refractivity contribution in [2.24, 2.45) is 0 Å². The van der Waals surface area contributed by atoms with Gasteiger partial charge in [0.2, 0.25) is 0 Å². The first-order valence-corrected chi connectivity index (χ1v) is 7.94. The number of carbonyl (C=O) groups is 1. The number of fused-ring (bicyclic) bond motifs is 1. The van der Waals surface area contributed by atoms with E-state index in [9.17, 15) is 4.79 Å². The van der Waals surface area contributed by atoms with E-state index < -0.39 is 0 Å². The molecule has 1 heterocycles. The van der Waals surface area contributed by atoms with Crippen LogP contribution in [0, 0.1) is 0 Å². The Bertz CT molecular complexity index is 763. The van der Waals surface area contributed by atoms with Gasteiger partial charge in [-0.2, -0.15) is 0 Å². The van der Waals surface area contributed by atoms with Crippen LogP contribution in [-0.4, -0.2) is 38.2 Å². The Kier molecular flexibility index (Phi) is 4.81. The first-order chi connectivity index (χ1) is 11.6. The number of ether oxygens (including phenoxy) is 3. The second kappa shape index (κ2) is 7.01. The summed E-state index contributed by atoms with van der Waals surface area (Å²) in [6.45, 7) is 1.52. The maximum absolute atomic E-state index is 12.7.